The molecule has 0 aliphatic heterocycles. The van der Waals surface area contributed by atoms with Gasteiger partial charge in [-0.2, -0.15) is 0 Å². The van der Waals surface area contributed by atoms with Gasteiger partial charge in [-0.25, -0.2) is 18.3 Å². The molecule has 1 heterocycles. The molecular formula is C29H36BrFN2O3. The van der Waals surface area contributed by atoms with E-state index in [1.807, 2.05) is 49.6 Å². The third-order valence-corrected chi connectivity index (χ3v) is 7.27. The first-order valence-electron chi connectivity index (χ1n) is 12.7. The Labute approximate surface area is 223 Å². The second-order valence-corrected chi connectivity index (χ2v) is 9.60. The van der Waals surface area contributed by atoms with Crippen LogP contribution in [0.2, 0.25) is 0 Å². The smallest absolute Gasteiger partial charge is 0.343 e. The molecule has 0 spiro atoms. The predicted molar refractivity (Wildman–Crippen MR) is 132 cm³/mol. The van der Waals surface area contributed by atoms with Crippen molar-refractivity contribution in [3.05, 3.63) is 89.8 Å². The number of hydrogen-bond donors (Lipinski definition) is 1. The number of nitrogens with zero attached hydrogens (tertiary/aromatic N) is 2. The van der Waals surface area contributed by atoms with Gasteiger partial charge in [0.2, 0.25) is 0 Å². The Bertz CT molecular complexity index is 1100. The zero-order valence-electron chi connectivity index (χ0n) is 20.9. The largest absolute Gasteiger partial charge is 1.00 e. The van der Waals surface area contributed by atoms with Crippen LogP contribution in [0.3, 0.4) is 0 Å². The molecule has 0 saturated heterocycles. The summed E-state index contributed by atoms with van der Waals surface area (Å²) in [4.78, 5) is 13.3. The molecular weight excluding hydrogens is 523 g/mol. The SMILES string of the molecule is Cc1n(CCCOC(=O)C(O)(c2ccccc2)C2CCCCCC2)cc[n+]1Cc1ccc(F)cc1.[Br-]. The van der Waals surface area contributed by atoms with Crippen molar-refractivity contribution in [3.8, 4) is 0 Å². The van der Waals surface area contributed by atoms with Crippen LogP contribution in [-0.2, 0) is 28.2 Å². The van der Waals surface area contributed by atoms with E-state index in [9.17, 15) is 14.3 Å². The van der Waals surface area contributed by atoms with Gasteiger partial charge in [-0.3, -0.25) is 0 Å². The van der Waals surface area contributed by atoms with E-state index in [1.54, 1.807) is 12.1 Å². The molecule has 1 aliphatic carbocycles. The highest BCUT2D eigenvalue weighted by Crippen LogP contribution is 2.39. The third kappa shape index (κ3) is 6.62. The molecule has 3 aromatic rings. The molecule has 0 bridgehead atoms. The maximum absolute atomic E-state index is 13.3. The van der Waals surface area contributed by atoms with Crippen molar-refractivity contribution in [2.75, 3.05) is 6.61 Å². The van der Waals surface area contributed by atoms with Crippen molar-refractivity contribution in [2.45, 2.75) is 70.6 Å². The van der Waals surface area contributed by atoms with E-state index in [1.165, 1.54) is 12.1 Å². The molecule has 1 saturated carbocycles. The number of halogens is 2. The Morgan fingerprint density at radius 3 is 2.42 bits per heavy atom. The third-order valence-electron chi connectivity index (χ3n) is 7.27. The highest BCUT2D eigenvalue weighted by molar-refractivity contribution is 5.81. The number of esters is 1. The van der Waals surface area contributed by atoms with E-state index < -0.39 is 11.6 Å². The van der Waals surface area contributed by atoms with Crippen LogP contribution in [0, 0.1) is 18.7 Å². The summed E-state index contributed by atoms with van der Waals surface area (Å²) in [6, 6.07) is 15.8. The average Bonchev–Trinajstić information content (AvgIpc) is 3.06. The molecule has 1 aromatic heterocycles. The maximum Gasteiger partial charge on any atom is 0.343 e. The Hall–Kier alpha value is -2.51. The summed E-state index contributed by atoms with van der Waals surface area (Å²) in [6.07, 6.45) is 10.7. The highest BCUT2D eigenvalue weighted by atomic mass is 79.9. The summed E-state index contributed by atoms with van der Waals surface area (Å²) < 4.78 is 23.1. The lowest BCUT2D eigenvalue weighted by atomic mass is 9.77. The molecule has 1 fully saturated rings. The number of aliphatic hydroxyl groups is 1. The van der Waals surface area contributed by atoms with E-state index in [4.69, 9.17) is 4.74 Å². The second-order valence-electron chi connectivity index (χ2n) is 9.60. The number of hydrogen-bond acceptors (Lipinski definition) is 3. The van der Waals surface area contributed by atoms with Gasteiger partial charge < -0.3 is 26.8 Å². The fourth-order valence-corrected chi connectivity index (χ4v) is 5.15. The molecule has 36 heavy (non-hydrogen) atoms. The van der Waals surface area contributed by atoms with Crippen LogP contribution in [-0.4, -0.2) is 22.2 Å². The van der Waals surface area contributed by atoms with E-state index >= 15 is 0 Å². The van der Waals surface area contributed by atoms with Gasteiger partial charge in [-0.1, -0.05) is 68.1 Å². The summed E-state index contributed by atoms with van der Waals surface area (Å²) in [5.41, 5.74) is 0.0533. The number of benzene rings is 2. The molecule has 1 atom stereocenters. The van der Waals surface area contributed by atoms with Crippen molar-refractivity contribution >= 4 is 5.97 Å². The fourth-order valence-electron chi connectivity index (χ4n) is 5.15. The summed E-state index contributed by atoms with van der Waals surface area (Å²) >= 11 is 0. The average molecular weight is 560 g/mol. The first-order chi connectivity index (χ1) is 17.0. The van der Waals surface area contributed by atoms with Gasteiger partial charge in [0.25, 0.3) is 5.82 Å². The number of imidazole rings is 1. The number of aryl methyl sites for hydroxylation is 1. The van der Waals surface area contributed by atoms with Gasteiger partial charge in [0.05, 0.1) is 13.2 Å². The molecule has 194 valence electrons. The molecule has 0 radical (unpaired) electrons. The van der Waals surface area contributed by atoms with Crippen LogP contribution >= 0.6 is 0 Å². The van der Waals surface area contributed by atoms with E-state index in [2.05, 4.69) is 9.13 Å². The zero-order valence-corrected chi connectivity index (χ0v) is 22.5. The lowest BCUT2D eigenvalue weighted by Gasteiger charge is -2.34. The van der Waals surface area contributed by atoms with Gasteiger partial charge in [0.15, 0.2) is 5.60 Å². The zero-order chi connectivity index (χ0) is 24.7. The van der Waals surface area contributed by atoms with Gasteiger partial charge >= 0.3 is 5.97 Å². The van der Waals surface area contributed by atoms with Crippen LogP contribution in [0.1, 0.15) is 61.9 Å². The number of carbonyl (C=O) groups excluding carboxylic acids is 1. The van der Waals surface area contributed by atoms with Crippen molar-refractivity contribution in [2.24, 2.45) is 5.92 Å². The topological polar surface area (TPSA) is 55.3 Å². The number of aromatic nitrogens is 2. The summed E-state index contributed by atoms with van der Waals surface area (Å²) in [5.74, 6) is 0.170. The fraction of sp³-hybridized carbons (Fsp3) is 0.448. The van der Waals surface area contributed by atoms with Crippen LogP contribution < -0.4 is 21.5 Å². The van der Waals surface area contributed by atoms with Gasteiger partial charge in [-0.15, -0.1) is 0 Å². The van der Waals surface area contributed by atoms with Crippen molar-refractivity contribution < 1.29 is 40.6 Å². The number of carbonyl (C=O) groups is 1. The second kappa shape index (κ2) is 13.2. The van der Waals surface area contributed by atoms with E-state index in [-0.39, 0.29) is 35.3 Å². The van der Waals surface area contributed by atoms with Crippen LogP contribution in [0.4, 0.5) is 4.39 Å². The van der Waals surface area contributed by atoms with Crippen molar-refractivity contribution in [1.82, 2.24) is 4.57 Å². The summed E-state index contributed by atoms with van der Waals surface area (Å²) in [6.45, 7) is 3.65. The first-order valence-corrected chi connectivity index (χ1v) is 12.7. The van der Waals surface area contributed by atoms with Gasteiger partial charge in [-0.05, 0) is 36.1 Å². The quantitative estimate of drug-likeness (QED) is 0.189. The van der Waals surface area contributed by atoms with Crippen LogP contribution in [0.5, 0.6) is 0 Å². The minimum atomic E-state index is -1.60. The Morgan fingerprint density at radius 2 is 1.75 bits per heavy atom. The van der Waals surface area contributed by atoms with Crippen molar-refractivity contribution in [1.29, 1.82) is 0 Å². The Balaban J connectivity index is 0.00000361. The van der Waals surface area contributed by atoms with Gasteiger partial charge in [0.1, 0.15) is 24.8 Å². The normalized spacial score (nSPS) is 16.0. The van der Waals surface area contributed by atoms with Crippen LogP contribution in [0.25, 0.3) is 0 Å². The van der Waals surface area contributed by atoms with Gasteiger partial charge in [0, 0.05) is 19.3 Å². The lowest BCUT2D eigenvalue weighted by Crippen LogP contribution is -3.00. The lowest BCUT2D eigenvalue weighted by molar-refractivity contribution is -0.694. The minimum Gasteiger partial charge on any atom is -1.00 e. The molecule has 5 nitrogen and oxygen atoms in total. The first kappa shape index (κ1) is 28.1. The predicted octanol–water partition coefficient (Wildman–Crippen LogP) is 2.07. The Kier molecular flexibility index (Phi) is 10.3. The maximum atomic E-state index is 13.3. The molecule has 7 heteroatoms. The van der Waals surface area contributed by atoms with Crippen LogP contribution in [0.15, 0.2) is 67.0 Å². The molecule has 1 aliphatic rings. The van der Waals surface area contributed by atoms with Crippen molar-refractivity contribution in [3.63, 3.8) is 0 Å². The number of rotatable bonds is 9. The standard InChI is InChI=1S/C29H36FN2O3.BrH/c1-23-31(19-20-32(23)22-24-14-16-27(30)17-15-24)18-9-21-35-28(33)29(34,26-12-7-4-8-13-26)25-10-5-2-3-6-11-25;/h4,7-8,12-17,19-20,25,34H,2-3,5-6,9-11,18,21-22H2,1H3;1H/q+1;/p-1. The molecule has 1 unspecified atom stereocenters. The molecule has 1 N–H and O–H groups in total. The summed E-state index contributed by atoms with van der Waals surface area (Å²) in [7, 11) is 0. The van der Waals surface area contributed by atoms with E-state index in [0.717, 1.165) is 49.9 Å². The Morgan fingerprint density at radius 1 is 1.08 bits per heavy atom. The minimum absolute atomic E-state index is 0. The monoisotopic (exact) mass is 558 g/mol. The number of ether oxygens (including phenoxy) is 1. The molecule has 2 aromatic carbocycles. The summed E-state index contributed by atoms with van der Waals surface area (Å²) in [5, 5.41) is 11.7. The molecule has 4 rings (SSSR count). The van der Waals surface area contributed by atoms with E-state index in [0.29, 0.717) is 25.1 Å². The highest BCUT2D eigenvalue weighted by Gasteiger charge is 2.46. The molecule has 0 amide bonds.